The highest BCUT2D eigenvalue weighted by Gasteiger charge is 2.25. The Hall–Kier alpha value is -8.02. The van der Waals surface area contributed by atoms with Crippen LogP contribution in [0, 0.1) is 0 Å². The van der Waals surface area contributed by atoms with E-state index in [1.165, 1.54) is 37.7 Å². The Kier molecular flexibility index (Phi) is 7.01. The van der Waals surface area contributed by atoms with Gasteiger partial charge in [-0.15, -0.1) is 0 Å². The van der Waals surface area contributed by atoms with Gasteiger partial charge in [-0.25, -0.2) is 9.98 Å². The van der Waals surface area contributed by atoms with Gasteiger partial charge in [-0.1, -0.05) is 152 Å². The fourth-order valence-corrected chi connectivity index (χ4v) is 9.49. The van der Waals surface area contributed by atoms with E-state index < -0.39 is 0 Å². The molecule has 280 valence electrons. The maximum atomic E-state index is 7.09. The van der Waals surface area contributed by atoms with E-state index in [4.69, 9.17) is 14.4 Å². The maximum absolute atomic E-state index is 7.09. The molecule has 10 aromatic carbocycles. The van der Waals surface area contributed by atoms with Gasteiger partial charge in [-0.3, -0.25) is 0 Å². The molecule has 0 radical (unpaired) electrons. The lowest BCUT2D eigenvalue weighted by molar-refractivity contribution is 0.669. The first-order valence-electron chi connectivity index (χ1n) is 20.4. The summed E-state index contributed by atoms with van der Waals surface area (Å²) in [6, 6.07) is 69.2. The number of aromatic nitrogens is 1. The molecule has 3 heterocycles. The van der Waals surface area contributed by atoms with Crippen LogP contribution in [0.1, 0.15) is 22.9 Å². The second kappa shape index (κ2) is 12.7. The molecule has 60 heavy (non-hydrogen) atoms. The minimum Gasteiger partial charge on any atom is -0.453 e. The van der Waals surface area contributed by atoms with Gasteiger partial charge in [0.2, 0.25) is 0 Å². The van der Waals surface area contributed by atoms with E-state index in [1.54, 1.807) is 0 Å². The predicted molar refractivity (Wildman–Crippen MR) is 250 cm³/mol. The van der Waals surface area contributed by atoms with Crippen LogP contribution in [0.15, 0.2) is 209 Å². The van der Waals surface area contributed by atoms with Crippen molar-refractivity contribution >= 4 is 98.5 Å². The Morgan fingerprint density at radius 2 is 1.07 bits per heavy atom. The van der Waals surface area contributed by atoms with Crippen molar-refractivity contribution in [1.29, 1.82) is 0 Å². The smallest absolute Gasteiger partial charge is 0.159 e. The predicted octanol–water partition coefficient (Wildman–Crippen LogP) is 13.8. The van der Waals surface area contributed by atoms with Crippen LogP contribution in [0.5, 0.6) is 0 Å². The Balaban J connectivity index is 1.10. The van der Waals surface area contributed by atoms with Crippen LogP contribution in [0.4, 0.5) is 0 Å². The quantitative estimate of drug-likeness (QED) is 0.181. The number of para-hydroxylation sites is 1. The molecule has 0 bridgehead atoms. The molecule has 1 aliphatic rings. The Morgan fingerprint density at radius 1 is 0.417 bits per heavy atom. The van der Waals surface area contributed by atoms with Gasteiger partial charge in [-0.2, -0.15) is 0 Å². The van der Waals surface area contributed by atoms with Gasteiger partial charge in [0, 0.05) is 38.1 Å². The van der Waals surface area contributed by atoms with Gasteiger partial charge in [0.05, 0.1) is 16.7 Å². The second-order valence-electron chi connectivity index (χ2n) is 15.8. The minimum atomic E-state index is -0.357. The molecule has 0 saturated heterocycles. The van der Waals surface area contributed by atoms with Crippen LogP contribution < -0.4 is 5.32 Å². The van der Waals surface area contributed by atoms with Gasteiger partial charge in [0.25, 0.3) is 0 Å². The van der Waals surface area contributed by atoms with Crippen molar-refractivity contribution in [3.63, 3.8) is 0 Å². The van der Waals surface area contributed by atoms with E-state index in [9.17, 15) is 0 Å². The van der Waals surface area contributed by atoms with Crippen LogP contribution in [0.25, 0.3) is 92.5 Å². The Bertz CT molecular complexity index is 3820. The second-order valence-corrected chi connectivity index (χ2v) is 15.8. The number of rotatable bonds is 4. The highest BCUT2D eigenvalue weighted by atomic mass is 16.3. The average Bonchev–Trinajstić information content (AvgIpc) is 3.86. The van der Waals surface area contributed by atoms with Crippen LogP contribution in [-0.4, -0.2) is 16.2 Å². The average molecular weight is 767 g/mol. The van der Waals surface area contributed by atoms with Gasteiger partial charge in [0.15, 0.2) is 11.4 Å². The standard InChI is InChI=1S/C55H34N4O/c1-2-14-35(15-3-1)53-56-54(39-25-26-42-38(28-39)23-22-33-12-6-8-18-41(33)42)58-55(57-53)40-30-47-45-27-24-34-13-7-9-19-43(34)51(45)60-52(47)50(32-40)59-48-21-11-10-20-44(48)46-29-36-16-4-5-17-37(36)31-49(46)59/h1-32,53H,(H,56,57,58). The molecule has 1 aliphatic heterocycles. The third-order valence-corrected chi connectivity index (χ3v) is 12.4. The van der Waals surface area contributed by atoms with Crippen molar-refractivity contribution in [2.45, 2.75) is 6.17 Å². The van der Waals surface area contributed by atoms with Crippen LogP contribution in [-0.2, 0) is 0 Å². The summed E-state index contributed by atoms with van der Waals surface area (Å²) in [5.74, 6) is 1.43. The molecular formula is C55H34N4O. The van der Waals surface area contributed by atoms with E-state index in [2.05, 4.69) is 198 Å². The Labute approximate surface area is 344 Å². The molecule has 0 fully saturated rings. The fourth-order valence-electron chi connectivity index (χ4n) is 9.49. The van der Waals surface area contributed by atoms with Crippen LogP contribution in [0.3, 0.4) is 0 Å². The van der Waals surface area contributed by atoms with Crippen LogP contribution >= 0.6 is 0 Å². The summed E-state index contributed by atoms with van der Waals surface area (Å²) in [6.07, 6.45) is -0.357. The van der Waals surface area contributed by atoms with Gasteiger partial charge < -0.3 is 14.3 Å². The zero-order chi connectivity index (χ0) is 39.3. The lowest BCUT2D eigenvalue weighted by Crippen LogP contribution is -2.33. The van der Waals surface area contributed by atoms with Crippen molar-refractivity contribution in [1.82, 2.24) is 9.88 Å². The normalized spacial score (nSPS) is 14.5. The number of aliphatic imine (C=N–C) groups is 2. The number of furan rings is 1. The SMILES string of the molecule is c1ccc(C2N=C(c3cc(-n4c5ccccc5c5cc6ccccc6cc54)c4oc5c6ccccc6ccc5c4c3)N=C(c3ccc4c(ccc5ccccc54)c3)N2)cc1. The van der Waals surface area contributed by atoms with Gasteiger partial charge in [-0.05, 0) is 85.7 Å². The lowest BCUT2D eigenvalue weighted by atomic mass is 9.99. The maximum Gasteiger partial charge on any atom is 0.159 e. The van der Waals surface area contributed by atoms with E-state index in [0.29, 0.717) is 5.84 Å². The summed E-state index contributed by atoms with van der Waals surface area (Å²) >= 11 is 0. The zero-order valence-corrected chi connectivity index (χ0v) is 32.3. The number of amidine groups is 2. The number of fused-ring (bicyclic) bond motifs is 12. The van der Waals surface area contributed by atoms with E-state index in [-0.39, 0.29) is 6.17 Å². The highest BCUT2D eigenvalue weighted by molar-refractivity contribution is 6.22. The van der Waals surface area contributed by atoms with Crippen molar-refractivity contribution in [3.8, 4) is 5.69 Å². The molecule has 12 aromatic rings. The first-order chi connectivity index (χ1) is 29.7. The summed E-state index contributed by atoms with van der Waals surface area (Å²) in [4.78, 5) is 10.8. The van der Waals surface area contributed by atoms with Gasteiger partial charge in [0.1, 0.15) is 17.6 Å². The topological polar surface area (TPSA) is 54.8 Å². The first-order valence-corrected chi connectivity index (χ1v) is 20.4. The number of hydrogen-bond acceptors (Lipinski definition) is 4. The number of hydrogen-bond donors (Lipinski definition) is 1. The van der Waals surface area contributed by atoms with Crippen LogP contribution in [0.2, 0.25) is 0 Å². The third-order valence-electron chi connectivity index (χ3n) is 12.4. The summed E-state index contributed by atoms with van der Waals surface area (Å²) in [5.41, 5.74) is 7.82. The number of nitrogens with zero attached hydrogens (tertiary/aromatic N) is 3. The lowest BCUT2D eigenvalue weighted by Gasteiger charge is -2.24. The van der Waals surface area contributed by atoms with Crippen molar-refractivity contribution < 1.29 is 4.42 Å². The molecule has 1 atom stereocenters. The molecule has 0 spiro atoms. The largest absolute Gasteiger partial charge is 0.453 e. The number of nitrogens with one attached hydrogen (secondary N) is 1. The van der Waals surface area contributed by atoms with Crippen molar-refractivity contribution in [2.75, 3.05) is 0 Å². The molecule has 0 saturated carbocycles. The molecule has 0 amide bonds. The summed E-state index contributed by atoms with van der Waals surface area (Å²) in [5, 5.41) is 17.6. The first kappa shape index (κ1) is 33.0. The fraction of sp³-hybridized carbons (Fsp3) is 0.0182. The molecule has 1 N–H and O–H groups in total. The Morgan fingerprint density at radius 3 is 1.92 bits per heavy atom. The molecule has 2 aromatic heterocycles. The minimum absolute atomic E-state index is 0.357. The molecule has 1 unspecified atom stereocenters. The monoisotopic (exact) mass is 766 g/mol. The molecule has 5 nitrogen and oxygen atoms in total. The summed E-state index contributed by atoms with van der Waals surface area (Å²) in [6.45, 7) is 0. The molecule has 5 heteroatoms. The summed E-state index contributed by atoms with van der Waals surface area (Å²) in [7, 11) is 0. The zero-order valence-electron chi connectivity index (χ0n) is 32.3. The molecule has 0 aliphatic carbocycles. The van der Waals surface area contributed by atoms with E-state index >= 15 is 0 Å². The van der Waals surface area contributed by atoms with Crippen molar-refractivity contribution in [3.05, 3.63) is 211 Å². The van der Waals surface area contributed by atoms with Gasteiger partial charge >= 0.3 is 0 Å². The third kappa shape index (κ3) is 4.99. The highest BCUT2D eigenvalue weighted by Crippen LogP contribution is 2.42. The summed E-state index contributed by atoms with van der Waals surface area (Å²) < 4.78 is 9.47. The van der Waals surface area contributed by atoms with E-state index in [1.807, 2.05) is 6.07 Å². The molecule has 13 rings (SSSR count). The number of benzene rings is 10. The molecular weight excluding hydrogens is 733 g/mol. The van der Waals surface area contributed by atoms with Crippen molar-refractivity contribution in [2.24, 2.45) is 9.98 Å². The van der Waals surface area contributed by atoms with E-state index in [0.717, 1.165) is 77.3 Å².